The summed E-state index contributed by atoms with van der Waals surface area (Å²) < 4.78 is 5.47. The van der Waals surface area contributed by atoms with E-state index in [0.717, 1.165) is 26.2 Å². The normalized spacial score (nSPS) is 10.8. The fourth-order valence-corrected chi connectivity index (χ4v) is 1.44. The van der Waals surface area contributed by atoms with Crippen LogP contribution in [0.4, 0.5) is 11.5 Å². The standard InChI is InChI=1S/C12H20ClN3O/c1-9(2)8-17-7-3-6-15-12-10(14)4-5-11(13)16-12/h4-5,9H,3,6-8,14H2,1-2H3,(H,15,16). The quantitative estimate of drug-likeness (QED) is 0.583. The van der Waals surface area contributed by atoms with Gasteiger partial charge in [-0.3, -0.25) is 0 Å². The smallest absolute Gasteiger partial charge is 0.150 e. The minimum Gasteiger partial charge on any atom is -0.396 e. The fourth-order valence-electron chi connectivity index (χ4n) is 1.29. The van der Waals surface area contributed by atoms with Gasteiger partial charge in [-0.25, -0.2) is 4.98 Å². The van der Waals surface area contributed by atoms with Crippen LogP contribution in [0.1, 0.15) is 20.3 Å². The molecule has 0 saturated heterocycles. The Balaban J connectivity index is 2.20. The minimum absolute atomic E-state index is 0.442. The number of halogens is 1. The highest BCUT2D eigenvalue weighted by atomic mass is 35.5. The third kappa shape index (κ3) is 5.75. The van der Waals surface area contributed by atoms with Gasteiger partial charge in [0, 0.05) is 19.8 Å². The molecule has 0 spiro atoms. The summed E-state index contributed by atoms with van der Waals surface area (Å²) in [4.78, 5) is 4.11. The minimum atomic E-state index is 0.442. The van der Waals surface area contributed by atoms with E-state index in [1.54, 1.807) is 12.1 Å². The maximum atomic E-state index is 5.78. The number of hydrogen-bond acceptors (Lipinski definition) is 4. The molecule has 0 aliphatic rings. The van der Waals surface area contributed by atoms with Gasteiger partial charge in [-0.2, -0.15) is 0 Å². The lowest BCUT2D eigenvalue weighted by Crippen LogP contribution is -2.10. The van der Waals surface area contributed by atoms with Crippen LogP contribution >= 0.6 is 11.6 Å². The van der Waals surface area contributed by atoms with E-state index in [9.17, 15) is 0 Å². The van der Waals surface area contributed by atoms with E-state index in [2.05, 4.69) is 24.1 Å². The van der Waals surface area contributed by atoms with Crippen molar-refractivity contribution in [2.75, 3.05) is 30.8 Å². The fraction of sp³-hybridized carbons (Fsp3) is 0.583. The molecule has 96 valence electrons. The molecule has 0 unspecified atom stereocenters. The third-order valence-electron chi connectivity index (χ3n) is 2.10. The molecule has 0 atom stereocenters. The van der Waals surface area contributed by atoms with Crippen molar-refractivity contribution >= 4 is 23.1 Å². The van der Waals surface area contributed by atoms with Gasteiger partial charge in [0.25, 0.3) is 0 Å². The third-order valence-corrected chi connectivity index (χ3v) is 2.31. The predicted molar refractivity (Wildman–Crippen MR) is 72.4 cm³/mol. The zero-order valence-corrected chi connectivity index (χ0v) is 11.1. The molecule has 1 aromatic rings. The first-order valence-corrected chi connectivity index (χ1v) is 6.21. The summed E-state index contributed by atoms with van der Waals surface area (Å²) in [6, 6.07) is 3.42. The van der Waals surface area contributed by atoms with Crippen molar-refractivity contribution < 1.29 is 4.74 Å². The Hall–Kier alpha value is -1.00. The van der Waals surface area contributed by atoms with Crippen molar-refractivity contribution in [2.45, 2.75) is 20.3 Å². The van der Waals surface area contributed by atoms with Crippen molar-refractivity contribution in [3.8, 4) is 0 Å². The number of nitrogens with one attached hydrogen (secondary N) is 1. The molecule has 0 radical (unpaired) electrons. The second-order valence-electron chi connectivity index (χ2n) is 4.32. The number of nitrogens with zero attached hydrogens (tertiary/aromatic N) is 1. The monoisotopic (exact) mass is 257 g/mol. The maximum Gasteiger partial charge on any atom is 0.150 e. The molecule has 5 heteroatoms. The topological polar surface area (TPSA) is 60.2 Å². The average molecular weight is 258 g/mol. The molecule has 4 nitrogen and oxygen atoms in total. The van der Waals surface area contributed by atoms with E-state index in [1.807, 2.05) is 0 Å². The number of pyridine rings is 1. The van der Waals surface area contributed by atoms with Crippen LogP contribution in [0.3, 0.4) is 0 Å². The van der Waals surface area contributed by atoms with Gasteiger partial charge in [-0.15, -0.1) is 0 Å². The van der Waals surface area contributed by atoms with Gasteiger partial charge in [0.05, 0.1) is 5.69 Å². The summed E-state index contributed by atoms with van der Waals surface area (Å²) in [6.07, 6.45) is 0.917. The molecule has 17 heavy (non-hydrogen) atoms. The van der Waals surface area contributed by atoms with Gasteiger partial charge in [0.2, 0.25) is 0 Å². The molecule has 0 aliphatic carbocycles. The Labute approximate surface area is 108 Å². The number of anilines is 2. The highest BCUT2D eigenvalue weighted by molar-refractivity contribution is 6.29. The van der Waals surface area contributed by atoms with Crippen molar-refractivity contribution in [2.24, 2.45) is 5.92 Å². The van der Waals surface area contributed by atoms with E-state index in [-0.39, 0.29) is 0 Å². The lowest BCUT2D eigenvalue weighted by molar-refractivity contribution is 0.110. The molecular weight excluding hydrogens is 238 g/mol. The van der Waals surface area contributed by atoms with Crippen molar-refractivity contribution in [3.05, 3.63) is 17.3 Å². The second-order valence-corrected chi connectivity index (χ2v) is 4.71. The van der Waals surface area contributed by atoms with Crippen LogP contribution in [0, 0.1) is 5.92 Å². The Morgan fingerprint density at radius 1 is 1.47 bits per heavy atom. The molecule has 3 N–H and O–H groups in total. The van der Waals surface area contributed by atoms with Crippen LogP contribution in [0.25, 0.3) is 0 Å². The molecule has 0 fully saturated rings. The molecule has 1 rings (SSSR count). The molecule has 1 aromatic heterocycles. The SMILES string of the molecule is CC(C)COCCCNc1nc(Cl)ccc1N. The Kier molecular flexibility index (Phi) is 6.08. The molecule has 1 heterocycles. The van der Waals surface area contributed by atoms with Crippen LogP contribution in [-0.4, -0.2) is 24.7 Å². The number of nitrogens with two attached hydrogens (primary N) is 1. The van der Waals surface area contributed by atoms with E-state index >= 15 is 0 Å². The van der Waals surface area contributed by atoms with E-state index in [4.69, 9.17) is 22.1 Å². The summed E-state index contributed by atoms with van der Waals surface area (Å²) in [5.74, 6) is 1.22. The second kappa shape index (κ2) is 7.35. The molecule has 0 saturated carbocycles. The van der Waals surface area contributed by atoms with Gasteiger partial charge in [0.15, 0.2) is 5.82 Å². The molecule has 0 bridgehead atoms. The Morgan fingerprint density at radius 2 is 2.24 bits per heavy atom. The van der Waals surface area contributed by atoms with Crippen LogP contribution in [0.5, 0.6) is 0 Å². The summed E-state index contributed by atoms with van der Waals surface area (Å²) in [7, 11) is 0. The average Bonchev–Trinajstić information content (AvgIpc) is 2.27. The number of rotatable bonds is 7. The molecule has 0 aliphatic heterocycles. The summed E-state index contributed by atoms with van der Waals surface area (Å²) >= 11 is 5.78. The first-order valence-electron chi connectivity index (χ1n) is 5.83. The van der Waals surface area contributed by atoms with E-state index < -0.39 is 0 Å². The van der Waals surface area contributed by atoms with E-state index in [0.29, 0.717) is 22.6 Å². The van der Waals surface area contributed by atoms with Crippen molar-refractivity contribution in [3.63, 3.8) is 0 Å². The highest BCUT2D eigenvalue weighted by Gasteiger charge is 2.01. The summed E-state index contributed by atoms with van der Waals surface area (Å²) in [6.45, 7) is 6.59. The van der Waals surface area contributed by atoms with Gasteiger partial charge in [-0.05, 0) is 24.5 Å². The van der Waals surface area contributed by atoms with Crippen molar-refractivity contribution in [1.82, 2.24) is 4.98 Å². The largest absolute Gasteiger partial charge is 0.396 e. The lowest BCUT2D eigenvalue weighted by Gasteiger charge is -2.09. The van der Waals surface area contributed by atoms with Gasteiger partial charge < -0.3 is 15.8 Å². The van der Waals surface area contributed by atoms with Gasteiger partial charge in [0.1, 0.15) is 5.15 Å². The van der Waals surface area contributed by atoms with Gasteiger partial charge in [-0.1, -0.05) is 25.4 Å². The summed E-state index contributed by atoms with van der Waals surface area (Å²) in [5.41, 5.74) is 6.36. The Bertz CT molecular complexity index is 345. The first kappa shape index (κ1) is 14.1. The molecular formula is C12H20ClN3O. The zero-order valence-electron chi connectivity index (χ0n) is 10.4. The van der Waals surface area contributed by atoms with Crippen LogP contribution in [-0.2, 0) is 4.74 Å². The number of hydrogen-bond donors (Lipinski definition) is 2. The van der Waals surface area contributed by atoms with Crippen LogP contribution in [0.15, 0.2) is 12.1 Å². The predicted octanol–water partition coefficient (Wildman–Crippen LogP) is 2.79. The van der Waals surface area contributed by atoms with Crippen molar-refractivity contribution in [1.29, 1.82) is 0 Å². The molecule has 0 amide bonds. The summed E-state index contributed by atoms with van der Waals surface area (Å²) in [5, 5.41) is 3.58. The van der Waals surface area contributed by atoms with Crippen LogP contribution in [0.2, 0.25) is 5.15 Å². The van der Waals surface area contributed by atoms with Gasteiger partial charge >= 0.3 is 0 Å². The first-order chi connectivity index (χ1) is 8.09. The molecule has 0 aromatic carbocycles. The highest BCUT2D eigenvalue weighted by Crippen LogP contribution is 2.17. The van der Waals surface area contributed by atoms with E-state index in [1.165, 1.54) is 0 Å². The number of nitrogen functional groups attached to an aromatic ring is 1. The lowest BCUT2D eigenvalue weighted by atomic mass is 10.2. The maximum absolute atomic E-state index is 5.78. The Morgan fingerprint density at radius 3 is 2.94 bits per heavy atom. The number of aromatic nitrogens is 1. The van der Waals surface area contributed by atoms with Crippen LogP contribution < -0.4 is 11.1 Å². The zero-order chi connectivity index (χ0) is 12.7. The number of ether oxygens (including phenoxy) is 1.